The van der Waals surface area contributed by atoms with E-state index in [1.807, 2.05) is 24.3 Å². The molecular weight excluding hydrogens is 518 g/mol. The fourth-order valence-corrected chi connectivity index (χ4v) is 4.47. The zero-order valence-electron chi connectivity index (χ0n) is 20.9. The zero-order chi connectivity index (χ0) is 27.5. The molecule has 0 radical (unpaired) electrons. The van der Waals surface area contributed by atoms with Crippen molar-refractivity contribution in [2.75, 3.05) is 25.4 Å². The summed E-state index contributed by atoms with van der Waals surface area (Å²) in [4.78, 5) is 42.1. The smallest absolute Gasteiger partial charge is 0.413 e. The fourth-order valence-electron chi connectivity index (χ4n) is 3.48. The summed E-state index contributed by atoms with van der Waals surface area (Å²) in [5.74, 6) is -2.19. The Morgan fingerprint density at radius 3 is 2.63 bits per heavy atom. The molecule has 0 aliphatic rings. The largest absolute Gasteiger partial charge is 0.469 e. The highest BCUT2D eigenvalue weighted by Gasteiger charge is 2.22. The van der Waals surface area contributed by atoms with E-state index in [0.29, 0.717) is 18.7 Å². The molecule has 0 unspecified atom stereocenters. The van der Waals surface area contributed by atoms with Gasteiger partial charge in [0.1, 0.15) is 11.8 Å². The van der Waals surface area contributed by atoms with Crippen molar-refractivity contribution in [2.45, 2.75) is 31.2 Å². The molecule has 2 N–H and O–H groups in total. The van der Waals surface area contributed by atoms with Gasteiger partial charge in [0, 0.05) is 37.2 Å². The number of hydrogen-bond acceptors (Lipinski definition) is 7. The standard InChI is InChI=1S/C26H28F2N4O5S/c1-32(25(34)30-15-19-9-5-10-20(27)24(19)28)22(11-6-12-23(33)36-2)38-16-37-26(35)31-21-13-17-7-3-4-8-18(17)14-29-21/h3-5,7-10,13-14,22H,6,11-12,15-16H2,1-2H3,(H,30,34)(H,29,31,35)/t22-/m1/s1. The minimum Gasteiger partial charge on any atom is -0.469 e. The van der Waals surface area contributed by atoms with Gasteiger partial charge in [0.15, 0.2) is 11.6 Å². The second kappa shape index (κ2) is 14.1. The minimum atomic E-state index is -1.03. The number of halogens is 2. The van der Waals surface area contributed by atoms with Gasteiger partial charge >= 0.3 is 18.1 Å². The number of carbonyl (C=O) groups excluding carboxylic acids is 3. The normalized spacial score (nSPS) is 11.5. The molecule has 0 aliphatic heterocycles. The number of ether oxygens (including phenoxy) is 2. The number of nitrogens with one attached hydrogen (secondary N) is 2. The molecule has 0 saturated heterocycles. The number of thioether (sulfide) groups is 1. The SMILES string of the molecule is COC(=O)CCC[C@@H](SCOC(=O)Nc1cc2ccccc2cn1)N(C)C(=O)NCc1cccc(F)c1F. The third-order valence-electron chi connectivity index (χ3n) is 5.59. The molecule has 202 valence electrons. The molecule has 1 aromatic heterocycles. The summed E-state index contributed by atoms with van der Waals surface area (Å²) in [6, 6.07) is 12.5. The van der Waals surface area contributed by atoms with Gasteiger partial charge in [-0.2, -0.15) is 0 Å². The number of aromatic nitrogens is 1. The summed E-state index contributed by atoms with van der Waals surface area (Å²) in [7, 11) is 2.81. The first-order valence-electron chi connectivity index (χ1n) is 11.7. The van der Waals surface area contributed by atoms with Gasteiger partial charge in [-0.3, -0.25) is 10.1 Å². The number of fused-ring (bicyclic) bond motifs is 1. The Labute approximate surface area is 222 Å². The van der Waals surface area contributed by atoms with Gasteiger partial charge in [-0.05, 0) is 30.4 Å². The molecule has 0 spiro atoms. The monoisotopic (exact) mass is 546 g/mol. The number of esters is 1. The maximum Gasteiger partial charge on any atom is 0.413 e. The number of pyridine rings is 1. The van der Waals surface area contributed by atoms with Crippen LogP contribution in [-0.4, -0.2) is 53.4 Å². The van der Waals surface area contributed by atoms with E-state index in [4.69, 9.17) is 4.74 Å². The van der Waals surface area contributed by atoms with Crippen LogP contribution in [0.1, 0.15) is 24.8 Å². The van der Waals surface area contributed by atoms with Crippen LogP contribution in [0.5, 0.6) is 0 Å². The van der Waals surface area contributed by atoms with E-state index in [1.165, 1.54) is 31.2 Å². The first-order chi connectivity index (χ1) is 18.3. The van der Waals surface area contributed by atoms with Gasteiger partial charge in [-0.1, -0.05) is 48.2 Å². The molecule has 12 heteroatoms. The number of nitrogens with zero attached hydrogens (tertiary/aromatic N) is 2. The van der Waals surface area contributed by atoms with E-state index in [1.54, 1.807) is 12.3 Å². The number of benzene rings is 2. The highest BCUT2D eigenvalue weighted by Crippen LogP contribution is 2.22. The molecule has 0 fully saturated rings. The lowest BCUT2D eigenvalue weighted by molar-refractivity contribution is -0.140. The van der Waals surface area contributed by atoms with Gasteiger partial charge in [-0.15, -0.1) is 0 Å². The quantitative estimate of drug-likeness (QED) is 0.249. The van der Waals surface area contributed by atoms with Crippen LogP contribution in [0.15, 0.2) is 54.7 Å². The van der Waals surface area contributed by atoms with Gasteiger partial charge < -0.3 is 19.7 Å². The minimum absolute atomic E-state index is 0.00366. The van der Waals surface area contributed by atoms with Crippen LogP contribution in [0.25, 0.3) is 10.8 Å². The maximum atomic E-state index is 13.9. The molecule has 3 rings (SSSR count). The van der Waals surface area contributed by atoms with Crippen molar-refractivity contribution in [2.24, 2.45) is 0 Å². The van der Waals surface area contributed by atoms with E-state index in [0.717, 1.165) is 28.6 Å². The number of rotatable bonds is 11. The Bertz CT molecular complexity index is 1280. The molecule has 2 aromatic carbocycles. The van der Waals surface area contributed by atoms with Crippen molar-refractivity contribution in [3.63, 3.8) is 0 Å². The Balaban J connectivity index is 1.54. The summed E-state index contributed by atoms with van der Waals surface area (Å²) in [6.07, 6.45) is 1.86. The Morgan fingerprint density at radius 1 is 1.11 bits per heavy atom. The molecule has 0 saturated carbocycles. The second-order valence-corrected chi connectivity index (χ2v) is 9.28. The summed E-state index contributed by atoms with van der Waals surface area (Å²) in [5, 5.41) is 6.46. The van der Waals surface area contributed by atoms with E-state index < -0.39 is 29.1 Å². The summed E-state index contributed by atoms with van der Waals surface area (Å²) in [5.41, 5.74) is 0.00366. The number of carbonyl (C=O) groups is 3. The van der Waals surface area contributed by atoms with Crippen LogP contribution >= 0.6 is 11.8 Å². The average molecular weight is 547 g/mol. The van der Waals surface area contributed by atoms with Gasteiger partial charge in [0.25, 0.3) is 0 Å². The molecule has 0 bridgehead atoms. The lowest BCUT2D eigenvalue weighted by Crippen LogP contribution is -2.42. The van der Waals surface area contributed by atoms with Crippen LogP contribution in [0.3, 0.4) is 0 Å². The number of anilines is 1. The van der Waals surface area contributed by atoms with Crippen LogP contribution in [0.2, 0.25) is 0 Å². The highest BCUT2D eigenvalue weighted by molar-refractivity contribution is 7.99. The maximum absolute atomic E-state index is 13.9. The van der Waals surface area contributed by atoms with E-state index in [9.17, 15) is 23.2 Å². The molecule has 1 heterocycles. The predicted molar refractivity (Wildman–Crippen MR) is 140 cm³/mol. The van der Waals surface area contributed by atoms with Crippen LogP contribution in [0, 0.1) is 11.6 Å². The molecule has 1 atom stereocenters. The molecule has 0 aliphatic carbocycles. The third kappa shape index (κ3) is 8.30. The van der Waals surface area contributed by atoms with Crippen molar-refractivity contribution in [1.82, 2.24) is 15.2 Å². The van der Waals surface area contributed by atoms with Gasteiger partial charge in [0.2, 0.25) is 0 Å². The Morgan fingerprint density at radius 2 is 1.87 bits per heavy atom. The van der Waals surface area contributed by atoms with Gasteiger partial charge in [-0.25, -0.2) is 23.4 Å². The van der Waals surface area contributed by atoms with E-state index in [2.05, 4.69) is 20.4 Å². The van der Waals surface area contributed by atoms with Crippen molar-refractivity contribution in [3.05, 3.63) is 71.9 Å². The van der Waals surface area contributed by atoms with Crippen LogP contribution in [0.4, 0.5) is 24.2 Å². The predicted octanol–water partition coefficient (Wildman–Crippen LogP) is 5.26. The number of urea groups is 1. The molecular formula is C26H28F2N4O5S. The van der Waals surface area contributed by atoms with E-state index in [-0.39, 0.29) is 30.4 Å². The molecule has 38 heavy (non-hydrogen) atoms. The zero-order valence-corrected chi connectivity index (χ0v) is 21.7. The Kier molecular flexibility index (Phi) is 10.6. The number of amides is 3. The van der Waals surface area contributed by atoms with Crippen molar-refractivity contribution < 1.29 is 32.6 Å². The van der Waals surface area contributed by atoms with Gasteiger partial charge in [0.05, 0.1) is 12.5 Å². The molecule has 3 amide bonds. The second-order valence-electron chi connectivity index (χ2n) is 8.16. The van der Waals surface area contributed by atoms with Crippen LogP contribution < -0.4 is 10.6 Å². The molecule has 3 aromatic rings. The summed E-state index contributed by atoms with van der Waals surface area (Å²) >= 11 is 1.16. The summed E-state index contributed by atoms with van der Waals surface area (Å²) < 4.78 is 37.3. The highest BCUT2D eigenvalue weighted by atomic mass is 32.2. The topological polar surface area (TPSA) is 110 Å². The summed E-state index contributed by atoms with van der Waals surface area (Å²) in [6.45, 7) is -0.218. The average Bonchev–Trinajstić information content (AvgIpc) is 2.92. The van der Waals surface area contributed by atoms with Crippen molar-refractivity contribution in [3.8, 4) is 0 Å². The fraction of sp³-hybridized carbons (Fsp3) is 0.308. The van der Waals surface area contributed by atoms with Crippen molar-refractivity contribution in [1.29, 1.82) is 0 Å². The third-order valence-corrected chi connectivity index (χ3v) is 6.78. The van der Waals surface area contributed by atoms with Crippen LogP contribution in [-0.2, 0) is 20.8 Å². The lowest BCUT2D eigenvalue weighted by Gasteiger charge is -2.28. The lowest BCUT2D eigenvalue weighted by atomic mass is 10.2. The number of hydrogen-bond donors (Lipinski definition) is 2. The first-order valence-corrected chi connectivity index (χ1v) is 12.7. The Hall–Kier alpha value is -3.93. The first kappa shape index (κ1) is 28.6. The number of methoxy groups -OCH3 is 1. The van der Waals surface area contributed by atoms with Crippen molar-refractivity contribution >= 4 is 46.4 Å². The van der Waals surface area contributed by atoms with E-state index >= 15 is 0 Å². The molecule has 9 nitrogen and oxygen atoms in total.